The van der Waals surface area contributed by atoms with E-state index in [9.17, 15) is 0 Å². The summed E-state index contributed by atoms with van der Waals surface area (Å²) in [5, 5.41) is 7.32. The lowest BCUT2D eigenvalue weighted by Crippen LogP contribution is -2.40. The topological polar surface area (TPSA) is 54.2 Å². The van der Waals surface area contributed by atoms with Crippen LogP contribution in [0.1, 0.15) is 44.3 Å². The molecule has 1 aromatic heterocycles. The van der Waals surface area contributed by atoms with E-state index in [1.807, 2.05) is 7.05 Å². The normalized spacial score (nSPS) is 18.0. The number of piperidine rings is 1. The van der Waals surface area contributed by atoms with E-state index in [2.05, 4.69) is 34.2 Å². The van der Waals surface area contributed by atoms with E-state index < -0.39 is 0 Å². The van der Waals surface area contributed by atoms with E-state index in [1.54, 1.807) is 0 Å². The molecule has 1 aromatic rings. The minimum atomic E-state index is 0. The van der Waals surface area contributed by atoms with E-state index in [1.165, 1.54) is 12.8 Å². The third-order valence-electron chi connectivity index (χ3n) is 3.35. The van der Waals surface area contributed by atoms with Crippen LogP contribution < -0.4 is 5.32 Å². The molecule has 0 atom stereocenters. The van der Waals surface area contributed by atoms with Gasteiger partial charge >= 0.3 is 0 Å². The Morgan fingerprint density at radius 1 is 1.39 bits per heavy atom. The zero-order valence-corrected chi connectivity index (χ0v) is 12.2. The monoisotopic (exact) mass is 274 g/mol. The van der Waals surface area contributed by atoms with Crippen molar-refractivity contribution in [2.24, 2.45) is 0 Å². The molecule has 2 rings (SSSR count). The van der Waals surface area contributed by atoms with Crippen LogP contribution in [-0.2, 0) is 6.54 Å². The van der Waals surface area contributed by atoms with Crippen LogP contribution in [0.15, 0.2) is 4.52 Å². The third-order valence-corrected chi connectivity index (χ3v) is 3.35. The second-order valence-electron chi connectivity index (χ2n) is 5.04. The lowest BCUT2D eigenvalue weighted by atomic mass is 10.1. The van der Waals surface area contributed by atoms with Crippen molar-refractivity contribution in [3.63, 3.8) is 0 Å². The molecule has 0 aromatic carbocycles. The molecular formula is C12H23ClN4O. The molecule has 2 heterocycles. The summed E-state index contributed by atoms with van der Waals surface area (Å²) in [6.07, 6.45) is 2.39. The quantitative estimate of drug-likeness (QED) is 0.907. The Balaban J connectivity index is 0.00000162. The summed E-state index contributed by atoms with van der Waals surface area (Å²) in [6.45, 7) is 7.14. The number of nitrogens with one attached hydrogen (secondary N) is 1. The third kappa shape index (κ3) is 3.93. The molecule has 6 heteroatoms. The Morgan fingerprint density at radius 2 is 2.06 bits per heavy atom. The second kappa shape index (κ2) is 7.07. The molecule has 104 valence electrons. The lowest BCUT2D eigenvalue weighted by Gasteiger charge is -2.30. The molecule has 0 amide bonds. The first-order valence-electron chi connectivity index (χ1n) is 6.41. The average Bonchev–Trinajstić information content (AvgIpc) is 2.79. The SMILES string of the molecule is CNC1CCN(Cc2nc(C(C)C)no2)CC1.Cl. The minimum absolute atomic E-state index is 0. The maximum absolute atomic E-state index is 5.26. The van der Waals surface area contributed by atoms with Crippen molar-refractivity contribution < 1.29 is 4.52 Å². The first-order chi connectivity index (χ1) is 8.19. The number of hydrogen-bond acceptors (Lipinski definition) is 5. The van der Waals surface area contributed by atoms with Gasteiger partial charge in [-0.25, -0.2) is 0 Å². The number of nitrogens with zero attached hydrogens (tertiary/aromatic N) is 3. The summed E-state index contributed by atoms with van der Waals surface area (Å²) in [5.74, 6) is 1.89. The van der Waals surface area contributed by atoms with Gasteiger partial charge in [0.2, 0.25) is 5.89 Å². The van der Waals surface area contributed by atoms with E-state index in [4.69, 9.17) is 4.52 Å². The average molecular weight is 275 g/mol. The highest BCUT2D eigenvalue weighted by molar-refractivity contribution is 5.85. The van der Waals surface area contributed by atoms with Crippen molar-refractivity contribution in [1.29, 1.82) is 0 Å². The van der Waals surface area contributed by atoms with Gasteiger partial charge in [0.15, 0.2) is 5.82 Å². The van der Waals surface area contributed by atoms with Gasteiger partial charge in [-0.1, -0.05) is 19.0 Å². The molecule has 0 spiro atoms. The van der Waals surface area contributed by atoms with Crippen LogP contribution in [0, 0.1) is 0 Å². The number of likely N-dealkylation sites (tertiary alicyclic amines) is 1. The molecule has 0 saturated carbocycles. The summed E-state index contributed by atoms with van der Waals surface area (Å²) in [4.78, 5) is 6.79. The van der Waals surface area contributed by atoms with E-state index in [0.717, 1.165) is 31.3 Å². The maximum atomic E-state index is 5.26. The Labute approximate surface area is 115 Å². The summed E-state index contributed by atoms with van der Waals surface area (Å²) in [6, 6.07) is 0.667. The molecule has 0 unspecified atom stereocenters. The van der Waals surface area contributed by atoms with Gasteiger partial charge in [0.1, 0.15) is 0 Å². The van der Waals surface area contributed by atoms with Gasteiger partial charge in [-0.05, 0) is 19.9 Å². The Bertz CT molecular complexity index is 348. The Kier molecular flexibility index (Phi) is 6.05. The standard InChI is InChI=1S/C12H22N4O.ClH/c1-9(2)12-14-11(17-15-12)8-16-6-4-10(13-3)5-7-16;/h9-10,13H,4-8H2,1-3H3;1H. The molecule has 1 N–H and O–H groups in total. The fourth-order valence-electron chi connectivity index (χ4n) is 2.14. The van der Waals surface area contributed by atoms with Gasteiger partial charge < -0.3 is 9.84 Å². The fraction of sp³-hybridized carbons (Fsp3) is 0.833. The van der Waals surface area contributed by atoms with Crippen LogP contribution in [-0.4, -0.2) is 41.2 Å². The predicted octanol–water partition coefficient (Wildman–Crippen LogP) is 1.80. The zero-order valence-electron chi connectivity index (χ0n) is 11.3. The second-order valence-corrected chi connectivity index (χ2v) is 5.04. The predicted molar refractivity (Wildman–Crippen MR) is 73.0 cm³/mol. The van der Waals surface area contributed by atoms with E-state index in [-0.39, 0.29) is 12.4 Å². The van der Waals surface area contributed by atoms with Gasteiger partial charge in [0, 0.05) is 25.0 Å². The molecule has 1 aliphatic rings. The minimum Gasteiger partial charge on any atom is -0.338 e. The van der Waals surface area contributed by atoms with Gasteiger partial charge in [0.25, 0.3) is 0 Å². The number of halogens is 1. The first kappa shape index (κ1) is 15.4. The fourth-order valence-corrected chi connectivity index (χ4v) is 2.14. The summed E-state index contributed by atoms with van der Waals surface area (Å²) < 4.78 is 5.26. The van der Waals surface area contributed by atoms with Crippen LogP contribution in [0.3, 0.4) is 0 Å². The van der Waals surface area contributed by atoms with Crippen LogP contribution in [0.2, 0.25) is 0 Å². The van der Waals surface area contributed by atoms with Crippen molar-refractivity contribution in [3.8, 4) is 0 Å². The van der Waals surface area contributed by atoms with Crippen molar-refractivity contribution in [2.45, 2.75) is 45.2 Å². The summed E-state index contributed by atoms with van der Waals surface area (Å²) in [7, 11) is 2.03. The van der Waals surface area contributed by atoms with Crippen LogP contribution in [0.25, 0.3) is 0 Å². The zero-order chi connectivity index (χ0) is 12.3. The number of rotatable bonds is 4. The summed E-state index contributed by atoms with van der Waals surface area (Å²) >= 11 is 0. The molecule has 1 aliphatic heterocycles. The van der Waals surface area contributed by atoms with Gasteiger partial charge in [-0.3, -0.25) is 4.90 Å². The first-order valence-corrected chi connectivity index (χ1v) is 6.41. The van der Waals surface area contributed by atoms with Crippen molar-refractivity contribution in [1.82, 2.24) is 20.4 Å². The van der Waals surface area contributed by atoms with Crippen molar-refractivity contribution in [3.05, 3.63) is 11.7 Å². The Hall–Kier alpha value is -0.650. The lowest BCUT2D eigenvalue weighted by molar-refractivity contribution is 0.173. The molecule has 1 saturated heterocycles. The molecule has 1 fully saturated rings. The van der Waals surface area contributed by atoms with Gasteiger partial charge in [-0.15, -0.1) is 12.4 Å². The maximum Gasteiger partial charge on any atom is 0.240 e. The Morgan fingerprint density at radius 3 is 2.56 bits per heavy atom. The van der Waals surface area contributed by atoms with E-state index >= 15 is 0 Å². The highest BCUT2D eigenvalue weighted by Crippen LogP contribution is 2.14. The summed E-state index contributed by atoms with van der Waals surface area (Å²) in [5.41, 5.74) is 0. The van der Waals surface area contributed by atoms with Crippen LogP contribution in [0.4, 0.5) is 0 Å². The van der Waals surface area contributed by atoms with Gasteiger partial charge in [0.05, 0.1) is 6.54 Å². The number of hydrogen-bond donors (Lipinski definition) is 1. The molecule has 18 heavy (non-hydrogen) atoms. The molecule has 0 radical (unpaired) electrons. The van der Waals surface area contributed by atoms with Crippen LogP contribution >= 0.6 is 12.4 Å². The van der Waals surface area contributed by atoms with Crippen LogP contribution in [0.5, 0.6) is 0 Å². The highest BCUT2D eigenvalue weighted by Gasteiger charge is 2.20. The van der Waals surface area contributed by atoms with Gasteiger partial charge in [-0.2, -0.15) is 4.98 Å². The van der Waals surface area contributed by atoms with Crippen molar-refractivity contribution >= 4 is 12.4 Å². The smallest absolute Gasteiger partial charge is 0.240 e. The molecule has 0 bridgehead atoms. The molecule has 5 nitrogen and oxygen atoms in total. The largest absolute Gasteiger partial charge is 0.338 e. The highest BCUT2D eigenvalue weighted by atomic mass is 35.5. The number of aromatic nitrogens is 2. The van der Waals surface area contributed by atoms with E-state index in [0.29, 0.717) is 12.0 Å². The molecular weight excluding hydrogens is 252 g/mol. The van der Waals surface area contributed by atoms with Crippen molar-refractivity contribution in [2.75, 3.05) is 20.1 Å². The molecule has 0 aliphatic carbocycles.